The summed E-state index contributed by atoms with van der Waals surface area (Å²) < 4.78 is 5.25. The largest absolute Gasteiger partial charge is 0.445 e. The maximum Gasteiger partial charge on any atom is 0.407 e. The summed E-state index contributed by atoms with van der Waals surface area (Å²) in [4.78, 5) is 43.7. The maximum absolute atomic E-state index is 13.7. The van der Waals surface area contributed by atoms with Crippen molar-refractivity contribution in [2.24, 2.45) is 0 Å². The molecule has 9 heteroatoms. The van der Waals surface area contributed by atoms with Crippen molar-refractivity contribution in [2.45, 2.75) is 63.1 Å². The number of carbonyl (C=O) groups excluding carboxylic acids is 3. The van der Waals surface area contributed by atoms with Crippen molar-refractivity contribution in [3.63, 3.8) is 0 Å². The number of rotatable bonds is 14. The highest BCUT2D eigenvalue weighted by Crippen LogP contribution is 2.34. The van der Waals surface area contributed by atoms with Crippen molar-refractivity contribution in [1.29, 1.82) is 0 Å². The molecular formula is C32H44N4O4S. The van der Waals surface area contributed by atoms with E-state index < -0.39 is 17.7 Å². The molecule has 2 aromatic rings. The van der Waals surface area contributed by atoms with Crippen molar-refractivity contribution >= 4 is 29.7 Å². The summed E-state index contributed by atoms with van der Waals surface area (Å²) in [7, 11) is 0. The number of alkyl carbamates (subject to hydrolysis) is 1. The Kier molecular flexibility index (Phi) is 11.9. The van der Waals surface area contributed by atoms with E-state index in [9.17, 15) is 14.4 Å². The van der Waals surface area contributed by atoms with Gasteiger partial charge in [0.05, 0.1) is 0 Å². The molecule has 2 fully saturated rings. The highest BCUT2D eigenvalue weighted by molar-refractivity contribution is 7.98. The molecule has 0 aromatic heterocycles. The summed E-state index contributed by atoms with van der Waals surface area (Å²) in [5.74, 6) is 0.997. The first-order chi connectivity index (χ1) is 20.0. The van der Waals surface area contributed by atoms with Gasteiger partial charge in [-0.25, -0.2) is 4.79 Å². The molecule has 2 aromatic carbocycles. The van der Waals surface area contributed by atoms with Crippen LogP contribution in [0.25, 0.3) is 0 Å². The Labute approximate surface area is 248 Å². The Morgan fingerprint density at radius 3 is 2.34 bits per heavy atom. The number of carbonyl (C=O) groups is 3. The standard InChI is InChI=1S/C32H44N4O4S/c1-41-24-10-20-36-29(37)28(15-8-9-19-33-31(39)40-25-27-13-6-3-7-14-27)34-30(38)32(36)17-22-35(23-18-32)21-16-26-11-4-2-5-12-26/h2-7,11-14,28H,8-10,15-25H2,1H3,(H,33,39)(H,34,38)/t28-/m0/s1. The number of unbranched alkanes of at least 4 members (excludes halogenated alkanes) is 1. The summed E-state index contributed by atoms with van der Waals surface area (Å²) in [5, 5.41) is 5.87. The van der Waals surface area contributed by atoms with E-state index in [2.05, 4.69) is 46.1 Å². The predicted octanol–water partition coefficient (Wildman–Crippen LogP) is 4.24. The lowest BCUT2D eigenvalue weighted by atomic mass is 9.81. The van der Waals surface area contributed by atoms with E-state index in [-0.39, 0.29) is 18.4 Å². The number of nitrogens with zero attached hydrogens (tertiary/aromatic N) is 2. The minimum Gasteiger partial charge on any atom is -0.445 e. The molecule has 1 spiro atoms. The van der Waals surface area contributed by atoms with E-state index in [1.54, 1.807) is 11.8 Å². The molecular weight excluding hydrogens is 536 g/mol. The van der Waals surface area contributed by atoms with E-state index in [0.29, 0.717) is 45.2 Å². The van der Waals surface area contributed by atoms with Gasteiger partial charge in [0.2, 0.25) is 11.8 Å². The Balaban J connectivity index is 1.24. The van der Waals surface area contributed by atoms with E-state index in [4.69, 9.17) is 4.74 Å². The number of likely N-dealkylation sites (tertiary alicyclic amines) is 1. The average Bonchev–Trinajstić information content (AvgIpc) is 3.01. The first kappa shape index (κ1) is 30.9. The fourth-order valence-corrected chi connectivity index (χ4v) is 6.19. The molecule has 8 nitrogen and oxygen atoms in total. The lowest BCUT2D eigenvalue weighted by molar-refractivity contribution is -0.161. The molecule has 2 saturated heterocycles. The Bertz CT molecular complexity index is 1110. The van der Waals surface area contributed by atoms with E-state index in [1.807, 2.05) is 41.3 Å². The topological polar surface area (TPSA) is 91.0 Å². The Morgan fingerprint density at radius 1 is 0.976 bits per heavy atom. The van der Waals surface area contributed by atoms with Crippen molar-refractivity contribution < 1.29 is 19.1 Å². The van der Waals surface area contributed by atoms with Gasteiger partial charge in [0.1, 0.15) is 18.2 Å². The second-order valence-electron chi connectivity index (χ2n) is 11.0. The van der Waals surface area contributed by atoms with Gasteiger partial charge < -0.3 is 25.2 Å². The molecule has 2 heterocycles. The zero-order valence-corrected chi connectivity index (χ0v) is 25.0. The fourth-order valence-electron chi connectivity index (χ4n) is 5.78. The van der Waals surface area contributed by atoms with Crippen LogP contribution in [0.1, 0.15) is 49.7 Å². The third kappa shape index (κ3) is 8.72. The molecule has 0 aliphatic carbocycles. The highest BCUT2D eigenvalue weighted by atomic mass is 32.2. The zero-order chi connectivity index (χ0) is 28.9. The zero-order valence-electron chi connectivity index (χ0n) is 24.2. The van der Waals surface area contributed by atoms with E-state index >= 15 is 0 Å². The van der Waals surface area contributed by atoms with Crippen LogP contribution in [0.3, 0.4) is 0 Å². The molecule has 2 N–H and O–H groups in total. The minimum atomic E-state index is -0.751. The summed E-state index contributed by atoms with van der Waals surface area (Å²) >= 11 is 1.77. The van der Waals surface area contributed by atoms with Crippen LogP contribution in [0.2, 0.25) is 0 Å². The fraction of sp³-hybridized carbons (Fsp3) is 0.531. The lowest BCUT2D eigenvalue weighted by Crippen LogP contribution is -2.73. The summed E-state index contributed by atoms with van der Waals surface area (Å²) in [6.07, 6.45) is 6.79. The smallest absolute Gasteiger partial charge is 0.407 e. The molecule has 0 unspecified atom stereocenters. The monoisotopic (exact) mass is 580 g/mol. The van der Waals surface area contributed by atoms with Gasteiger partial charge in [0, 0.05) is 32.7 Å². The molecule has 2 aliphatic rings. The number of nitrogens with one attached hydrogen (secondary N) is 2. The van der Waals surface area contributed by atoms with Crippen LogP contribution in [0.4, 0.5) is 4.79 Å². The van der Waals surface area contributed by atoms with Crippen molar-refractivity contribution in [3.05, 3.63) is 71.8 Å². The van der Waals surface area contributed by atoms with Crippen LogP contribution in [0.5, 0.6) is 0 Å². The second kappa shape index (κ2) is 15.8. The second-order valence-corrected chi connectivity index (χ2v) is 11.9. The molecule has 3 amide bonds. The van der Waals surface area contributed by atoms with E-state index in [0.717, 1.165) is 43.8 Å². The van der Waals surface area contributed by atoms with Crippen LogP contribution in [0, 0.1) is 0 Å². The normalized spacial score (nSPS) is 18.8. The Morgan fingerprint density at radius 2 is 1.66 bits per heavy atom. The van der Waals surface area contributed by atoms with Crippen molar-refractivity contribution in [3.8, 4) is 0 Å². The highest BCUT2D eigenvalue weighted by Gasteiger charge is 2.53. The first-order valence-corrected chi connectivity index (χ1v) is 16.2. The molecule has 222 valence electrons. The van der Waals surface area contributed by atoms with Crippen molar-refractivity contribution in [1.82, 2.24) is 20.4 Å². The average molecular weight is 581 g/mol. The predicted molar refractivity (Wildman–Crippen MR) is 164 cm³/mol. The van der Waals surface area contributed by atoms with Gasteiger partial charge in [0.15, 0.2) is 0 Å². The third-order valence-electron chi connectivity index (χ3n) is 8.18. The van der Waals surface area contributed by atoms with Crippen LogP contribution in [-0.2, 0) is 27.4 Å². The number of benzene rings is 2. The number of piperidine rings is 1. The third-order valence-corrected chi connectivity index (χ3v) is 8.88. The summed E-state index contributed by atoms with van der Waals surface area (Å²) in [5.41, 5.74) is 1.50. The molecule has 41 heavy (non-hydrogen) atoms. The maximum atomic E-state index is 13.7. The number of piperazine rings is 1. The molecule has 0 saturated carbocycles. The molecule has 4 rings (SSSR count). The SMILES string of the molecule is CSCCCN1C(=O)[C@H](CCCCNC(=O)OCc2ccccc2)NC(=O)C12CCN(CCc1ccccc1)CC2. The summed E-state index contributed by atoms with van der Waals surface area (Å²) in [6.45, 7) is 3.88. The number of thioether (sulfide) groups is 1. The van der Waals surface area contributed by atoms with Crippen LogP contribution in [0.15, 0.2) is 60.7 Å². The molecule has 1 atom stereocenters. The number of hydrogen-bond acceptors (Lipinski definition) is 6. The number of hydrogen-bond donors (Lipinski definition) is 2. The number of ether oxygens (including phenoxy) is 1. The van der Waals surface area contributed by atoms with Gasteiger partial charge in [-0.15, -0.1) is 0 Å². The molecule has 0 bridgehead atoms. The first-order valence-electron chi connectivity index (χ1n) is 14.8. The van der Waals surface area contributed by atoms with Gasteiger partial charge in [0.25, 0.3) is 0 Å². The van der Waals surface area contributed by atoms with Crippen LogP contribution in [-0.4, -0.2) is 84.0 Å². The lowest BCUT2D eigenvalue weighted by Gasteiger charge is -2.51. The Hall–Kier alpha value is -3.04. The van der Waals surface area contributed by atoms with Gasteiger partial charge in [-0.1, -0.05) is 60.7 Å². The number of amides is 3. The van der Waals surface area contributed by atoms with Gasteiger partial charge in [-0.3, -0.25) is 9.59 Å². The minimum absolute atomic E-state index is 0.00317. The molecule has 2 aliphatic heterocycles. The molecule has 0 radical (unpaired) electrons. The van der Waals surface area contributed by atoms with Crippen molar-refractivity contribution in [2.75, 3.05) is 44.7 Å². The van der Waals surface area contributed by atoms with E-state index in [1.165, 1.54) is 5.56 Å². The van der Waals surface area contributed by atoms with Gasteiger partial charge >= 0.3 is 6.09 Å². The summed E-state index contributed by atoms with van der Waals surface area (Å²) in [6, 6.07) is 19.5. The van der Waals surface area contributed by atoms with Gasteiger partial charge in [-0.05, 0) is 68.1 Å². The van der Waals surface area contributed by atoms with Crippen LogP contribution < -0.4 is 10.6 Å². The van der Waals surface area contributed by atoms with Gasteiger partial charge in [-0.2, -0.15) is 11.8 Å². The van der Waals surface area contributed by atoms with Crippen LogP contribution >= 0.6 is 11.8 Å². The quantitative estimate of drug-likeness (QED) is 0.325.